The Bertz CT molecular complexity index is 500. The highest BCUT2D eigenvalue weighted by atomic mass is 16.7. The van der Waals surface area contributed by atoms with Gasteiger partial charge in [-0.05, 0) is 6.08 Å². The third-order valence-electron chi connectivity index (χ3n) is 3.25. The first-order valence-electron chi connectivity index (χ1n) is 6.38. The standard InChI is InChI=1S/C16H18O4/c1-18-16(19-2)11-7-6-10-15(16)20-12-14(17)13-8-4-3-5-9-13/h3-11,15H,12H2,1-2H3. The molecule has 4 nitrogen and oxygen atoms in total. The summed E-state index contributed by atoms with van der Waals surface area (Å²) in [7, 11) is 3.09. The second-order valence-corrected chi connectivity index (χ2v) is 4.39. The van der Waals surface area contributed by atoms with Crippen molar-refractivity contribution in [1.82, 2.24) is 0 Å². The van der Waals surface area contributed by atoms with Gasteiger partial charge in [0.05, 0.1) is 0 Å². The topological polar surface area (TPSA) is 44.8 Å². The number of hydrogen-bond donors (Lipinski definition) is 0. The quantitative estimate of drug-likeness (QED) is 0.590. The van der Waals surface area contributed by atoms with Crippen LogP contribution in [-0.4, -0.2) is 38.5 Å². The van der Waals surface area contributed by atoms with Crippen LogP contribution in [0.3, 0.4) is 0 Å². The molecule has 1 aromatic rings. The molecule has 2 rings (SSSR count). The predicted molar refractivity (Wildman–Crippen MR) is 75.5 cm³/mol. The Labute approximate surface area is 118 Å². The van der Waals surface area contributed by atoms with E-state index in [1.54, 1.807) is 32.4 Å². The number of Topliss-reactive ketones (excluding diaryl/α,β-unsaturated/α-hetero) is 1. The number of ether oxygens (including phenoxy) is 3. The van der Waals surface area contributed by atoms with E-state index in [4.69, 9.17) is 14.2 Å². The molecule has 0 aliphatic heterocycles. The molecule has 1 atom stereocenters. The van der Waals surface area contributed by atoms with Gasteiger partial charge in [0.2, 0.25) is 5.79 Å². The summed E-state index contributed by atoms with van der Waals surface area (Å²) in [5, 5.41) is 0. The second-order valence-electron chi connectivity index (χ2n) is 4.39. The molecular weight excluding hydrogens is 256 g/mol. The lowest BCUT2D eigenvalue weighted by Crippen LogP contribution is -2.46. The smallest absolute Gasteiger partial charge is 0.218 e. The van der Waals surface area contributed by atoms with E-state index in [2.05, 4.69) is 0 Å². The first-order chi connectivity index (χ1) is 9.72. The number of carbonyl (C=O) groups excluding carboxylic acids is 1. The van der Waals surface area contributed by atoms with Gasteiger partial charge in [-0.25, -0.2) is 0 Å². The van der Waals surface area contributed by atoms with Crippen molar-refractivity contribution in [3.8, 4) is 0 Å². The SMILES string of the molecule is COC1(OC)C=CC=CC1OCC(=O)c1ccccc1. The van der Waals surface area contributed by atoms with E-state index in [1.807, 2.05) is 36.4 Å². The van der Waals surface area contributed by atoms with Crippen LogP contribution >= 0.6 is 0 Å². The van der Waals surface area contributed by atoms with Crippen LogP contribution in [0, 0.1) is 0 Å². The fraction of sp³-hybridized carbons (Fsp3) is 0.312. The highest BCUT2D eigenvalue weighted by Gasteiger charge is 2.38. The number of benzene rings is 1. The lowest BCUT2D eigenvalue weighted by molar-refractivity contribution is -0.223. The zero-order valence-corrected chi connectivity index (χ0v) is 11.6. The molecule has 1 unspecified atom stereocenters. The maximum absolute atomic E-state index is 12.0. The lowest BCUT2D eigenvalue weighted by atomic mass is 10.0. The van der Waals surface area contributed by atoms with Crippen LogP contribution in [0.2, 0.25) is 0 Å². The molecule has 20 heavy (non-hydrogen) atoms. The summed E-state index contributed by atoms with van der Waals surface area (Å²) < 4.78 is 16.4. The summed E-state index contributed by atoms with van der Waals surface area (Å²) in [6.07, 6.45) is 6.78. The van der Waals surface area contributed by atoms with E-state index in [0.29, 0.717) is 5.56 Å². The summed E-state index contributed by atoms with van der Waals surface area (Å²) in [6.45, 7) is -0.0265. The fourth-order valence-corrected chi connectivity index (χ4v) is 2.08. The summed E-state index contributed by atoms with van der Waals surface area (Å²) in [6, 6.07) is 9.05. The number of allylic oxidation sites excluding steroid dienone is 2. The molecule has 1 aliphatic rings. The van der Waals surface area contributed by atoms with E-state index >= 15 is 0 Å². The zero-order chi connectivity index (χ0) is 14.4. The number of hydrogen-bond acceptors (Lipinski definition) is 4. The Morgan fingerprint density at radius 2 is 1.85 bits per heavy atom. The molecule has 0 saturated carbocycles. The molecule has 0 N–H and O–H groups in total. The number of carbonyl (C=O) groups is 1. The predicted octanol–water partition coefficient (Wildman–Crippen LogP) is 2.37. The molecule has 0 fully saturated rings. The molecule has 0 bridgehead atoms. The van der Waals surface area contributed by atoms with Gasteiger partial charge in [0.25, 0.3) is 0 Å². The van der Waals surface area contributed by atoms with Gasteiger partial charge >= 0.3 is 0 Å². The molecule has 0 heterocycles. The molecule has 0 amide bonds. The van der Waals surface area contributed by atoms with Gasteiger partial charge in [0, 0.05) is 19.8 Å². The summed E-state index contributed by atoms with van der Waals surface area (Å²) in [5.41, 5.74) is 0.628. The average Bonchev–Trinajstić information content (AvgIpc) is 2.53. The van der Waals surface area contributed by atoms with Crippen LogP contribution < -0.4 is 0 Å². The fourth-order valence-electron chi connectivity index (χ4n) is 2.08. The van der Waals surface area contributed by atoms with Crippen molar-refractivity contribution in [1.29, 1.82) is 0 Å². The molecular formula is C16H18O4. The molecule has 1 aromatic carbocycles. The van der Waals surface area contributed by atoms with Gasteiger partial charge in [0.15, 0.2) is 5.78 Å². The van der Waals surface area contributed by atoms with Gasteiger partial charge < -0.3 is 14.2 Å². The molecule has 106 valence electrons. The maximum Gasteiger partial charge on any atom is 0.218 e. The Morgan fingerprint density at radius 3 is 2.50 bits per heavy atom. The minimum Gasteiger partial charge on any atom is -0.360 e. The van der Waals surface area contributed by atoms with Gasteiger partial charge in [0.1, 0.15) is 12.7 Å². The van der Waals surface area contributed by atoms with Crippen molar-refractivity contribution in [2.24, 2.45) is 0 Å². The normalized spacial score (nSPS) is 20.0. The van der Waals surface area contributed by atoms with Crippen LogP contribution in [0.25, 0.3) is 0 Å². The summed E-state index contributed by atoms with van der Waals surface area (Å²) >= 11 is 0. The van der Waals surface area contributed by atoms with Crippen LogP contribution in [0.15, 0.2) is 54.6 Å². The number of methoxy groups -OCH3 is 2. The highest BCUT2D eigenvalue weighted by molar-refractivity contribution is 5.97. The minimum absolute atomic E-state index is 0.0265. The first-order valence-corrected chi connectivity index (χ1v) is 6.38. The first kappa shape index (κ1) is 14.7. The van der Waals surface area contributed by atoms with Gasteiger partial charge in [-0.15, -0.1) is 0 Å². The molecule has 1 aliphatic carbocycles. The molecule has 0 spiro atoms. The van der Waals surface area contributed by atoms with Crippen molar-refractivity contribution in [3.63, 3.8) is 0 Å². The molecule has 0 saturated heterocycles. The van der Waals surface area contributed by atoms with Crippen LogP contribution in [0.4, 0.5) is 0 Å². The van der Waals surface area contributed by atoms with Crippen LogP contribution in [0.1, 0.15) is 10.4 Å². The van der Waals surface area contributed by atoms with Crippen LogP contribution in [0.5, 0.6) is 0 Å². The number of ketones is 1. The maximum atomic E-state index is 12.0. The van der Waals surface area contributed by atoms with E-state index in [9.17, 15) is 4.79 Å². The van der Waals surface area contributed by atoms with Crippen molar-refractivity contribution in [2.45, 2.75) is 11.9 Å². The lowest BCUT2D eigenvalue weighted by Gasteiger charge is -2.35. The van der Waals surface area contributed by atoms with E-state index in [1.165, 1.54) is 0 Å². The Morgan fingerprint density at radius 1 is 1.15 bits per heavy atom. The van der Waals surface area contributed by atoms with Gasteiger partial charge in [-0.3, -0.25) is 4.79 Å². The average molecular weight is 274 g/mol. The highest BCUT2D eigenvalue weighted by Crippen LogP contribution is 2.25. The summed E-state index contributed by atoms with van der Waals surface area (Å²) in [4.78, 5) is 12.0. The van der Waals surface area contributed by atoms with Crippen molar-refractivity contribution in [2.75, 3.05) is 20.8 Å². The van der Waals surface area contributed by atoms with E-state index in [-0.39, 0.29) is 12.4 Å². The Balaban J connectivity index is 2.01. The second kappa shape index (κ2) is 6.61. The number of rotatable bonds is 6. The van der Waals surface area contributed by atoms with Gasteiger partial charge in [-0.2, -0.15) is 0 Å². The Kier molecular flexibility index (Phi) is 4.84. The van der Waals surface area contributed by atoms with Crippen molar-refractivity contribution in [3.05, 3.63) is 60.2 Å². The summed E-state index contributed by atoms with van der Waals surface area (Å²) in [5.74, 6) is -1.05. The third kappa shape index (κ3) is 3.04. The molecule has 0 aromatic heterocycles. The van der Waals surface area contributed by atoms with E-state index < -0.39 is 11.9 Å². The molecule has 4 heteroatoms. The minimum atomic E-state index is -0.980. The molecule has 0 radical (unpaired) electrons. The van der Waals surface area contributed by atoms with E-state index in [0.717, 1.165) is 0 Å². The third-order valence-corrected chi connectivity index (χ3v) is 3.25. The van der Waals surface area contributed by atoms with Gasteiger partial charge in [-0.1, -0.05) is 48.6 Å². The zero-order valence-electron chi connectivity index (χ0n) is 11.6. The van der Waals surface area contributed by atoms with Crippen molar-refractivity contribution >= 4 is 5.78 Å². The van der Waals surface area contributed by atoms with Crippen LogP contribution in [-0.2, 0) is 14.2 Å². The monoisotopic (exact) mass is 274 g/mol. The largest absolute Gasteiger partial charge is 0.360 e. The Hall–Kier alpha value is -1.75. The van der Waals surface area contributed by atoms with Crippen molar-refractivity contribution < 1.29 is 19.0 Å².